The normalized spacial score (nSPS) is 10.3. The van der Waals surface area contributed by atoms with E-state index in [4.69, 9.17) is 4.74 Å². The van der Waals surface area contributed by atoms with Crippen molar-refractivity contribution in [2.45, 2.75) is 0 Å². The minimum Gasteiger partial charge on any atom is -0.432 e. The summed E-state index contributed by atoms with van der Waals surface area (Å²) in [7, 11) is 0. The Morgan fingerprint density at radius 1 is 1.05 bits per heavy atom. The first-order valence-electron chi connectivity index (χ1n) is 6.32. The summed E-state index contributed by atoms with van der Waals surface area (Å²) in [5, 5.41) is 3.13. The third-order valence-corrected chi connectivity index (χ3v) is 2.80. The second-order valence-electron chi connectivity index (χ2n) is 4.35. The molecule has 0 bridgehead atoms. The molecule has 0 radical (unpaired) electrons. The zero-order chi connectivity index (χ0) is 14.7. The summed E-state index contributed by atoms with van der Waals surface area (Å²) in [5.74, 6) is 1.02. The third kappa shape index (κ3) is 3.14. The summed E-state index contributed by atoms with van der Waals surface area (Å²) in [4.78, 5) is 8.79. The highest BCUT2D eigenvalue weighted by Crippen LogP contribution is 2.21. The Kier molecular flexibility index (Phi) is 3.47. The monoisotopic (exact) mass is 281 g/mol. The van der Waals surface area contributed by atoms with E-state index >= 15 is 0 Å². The molecule has 0 unspecified atom stereocenters. The van der Waals surface area contributed by atoms with Gasteiger partial charge in [0.15, 0.2) is 0 Å². The number of benzene rings is 2. The molecule has 1 N–H and O–H groups in total. The van der Waals surface area contributed by atoms with Gasteiger partial charge in [-0.05, 0) is 43.0 Å². The average molecular weight is 281 g/mol. The topological polar surface area (TPSA) is 47.0 Å². The summed E-state index contributed by atoms with van der Waals surface area (Å²) < 4.78 is 17.3. The van der Waals surface area contributed by atoms with Gasteiger partial charge in [0.2, 0.25) is 0 Å². The van der Waals surface area contributed by atoms with E-state index in [0.717, 1.165) is 16.7 Å². The van der Waals surface area contributed by atoms with Crippen molar-refractivity contribution in [1.82, 2.24) is 9.97 Å². The molecule has 21 heavy (non-hydrogen) atoms. The van der Waals surface area contributed by atoms with Gasteiger partial charge in [0.05, 0.1) is 17.2 Å². The minimum absolute atomic E-state index is 0.387. The number of hydrogen-bond acceptors (Lipinski definition) is 4. The molecule has 0 saturated heterocycles. The number of anilines is 2. The zero-order valence-corrected chi connectivity index (χ0v) is 11.1. The highest BCUT2D eigenvalue weighted by atomic mass is 19.1. The summed E-state index contributed by atoms with van der Waals surface area (Å²) in [6.07, 6.45) is 1.66. The second kappa shape index (κ2) is 5.58. The number of nitrogens with zero attached hydrogens (tertiary/aromatic N) is 2. The van der Waals surface area contributed by atoms with Crippen LogP contribution < -0.4 is 10.1 Å². The maximum atomic E-state index is 12.5. The molecule has 3 rings (SSSR count). The van der Waals surface area contributed by atoms with E-state index in [1.807, 2.05) is 24.3 Å². The highest BCUT2D eigenvalue weighted by Gasteiger charge is 2.01. The van der Waals surface area contributed by atoms with Gasteiger partial charge in [0.25, 0.3) is 6.01 Å². The molecule has 104 valence electrons. The van der Waals surface area contributed by atoms with E-state index in [1.165, 1.54) is 0 Å². The van der Waals surface area contributed by atoms with E-state index in [2.05, 4.69) is 21.9 Å². The van der Waals surface area contributed by atoms with E-state index in [0.29, 0.717) is 11.6 Å². The minimum atomic E-state index is -0.837. The fraction of sp³-hybridized carbons (Fsp3) is 0. The molecule has 0 aliphatic heterocycles. The number of hydrogen-bond donors (Lipinski definition) is 1. The van der Waals surface area contributed by atoms with Crippen LogP contribution in [0.15, 0.2) is 67.3 Å². The Bertz CT molecular complexity index is 787. The van der Waals surface area contributed by atoms with Crippen LogP contribution in [0.4, 0.5) is 15.9 Å². The molecule has 0 amide bonds. The van der Waals surface area contributed by atoms with Crippen molar-refractivity contribution < 1.29 is 9.13 Å². The Balaban J connectivity index is 1.79. The number of nitrogens with one attached hydrogen (secondary N) is 1. The van der Waals surface area contributed by atoms with Crippen molar-refractivity contribution in [2.75, 3.05) is 5.32 Å². The predicted octanol–water partition coefficient (Wildman–Crippen LogP) is 4.19. The molecule has 0 saturated carbocycles. The molecule has 0 fully saturated rings. The second-order valence-corrected chi connectivity index (χ2v) is 4.35. The number of aromatic nitrogens is 2. The molecule has 1 aromatic heterocycles. The van der Waals surface area contributed by atoms with Crippen LogP contribution in [-0.4, -0.2) is 9.97 Å². The number of ether oxygens (including phenoxy) is 1. The van der Waals surface area contributed by atoms with Gasteiger partial charge in [-0.3, -0.25) is 4.98 Å². The van der Waals surface area contributed by atoms with Gasteiger partial charge in [-0.1, -0.05) is 12.1 Å². The van der Waals surface area contributed by atoms with Gasteiger partial charge in [0.1, 0.15) is 11.6 Å². The van der Waals surface area contributed by atoms with E-state index in [1.54, 1.807) is 30.5 Å². The van der Waals surface area contributed by atoms with Gasteiger partial charge in [-0.25, -0.2) is 4.98 Å². The van der Waals surface area contributed by atoms with E-state index in [9.17, 15) is 4.39 Å². The van der Waals surface area contributed by atoms with Crippen LogP contribution in [0, 0.1) is 0 Å². The summed E-state index contributed by atoms with van der Waals surface area (Å²) in [5.41, 5.74) is 2.46. The van der Waals surface area contributed by atoms with E-state index in [-0.39, 0.29) is 0 Å². The van der Waals surface area contributed by atoms with Crippen LogP contribution in [0.5, 0.6) is 5.75 Å². The molecular formula is C16H12FN3O. The Morgan fingerprint density at radius 2 is 1.76 bits per heavy atom. The lowest BCUT2D eigenvalue weighted by Gasteiger charge is -2.07. The fourth-order valence-electron chi connectivity index (χ4n) is 1.90. The van der Waals surface area contributed by atoms with E-state index < -0.39 is 6.01 Å². The maximum Gasteiger partial charge on any atom is 0.270 e. The standard InChI is InChI=1S/C16H12FN3O/c1-11(17)21-13-8-6-12(7-9-13)19-16-10-18-14-4-2-3-5-15(14)20-16/h2-10H,1H2,(H,19,20). The lowest BCUT2D eigenvalue weighted by molar-refractivity contribution is 0.305. The average Bonchev–Trinajstić information content (AvgIpc) is 2.49. The van der Waals surface area contributed by atoms with Crippen LogP contribution >= 0.6 is 0 Å². The molecule has 0 aliphatic rings. The molecule has 0 aliphatic carbocycles. The third-order valence-electron chi connectivity index (χ3n) is 2.80. The number of halogens is 1. The van der Waals surface area contributed by atoms with Crippen molar-refractivity contribution in [2.24, 2.45) is 0 Å². The first-order valence-corrected chi connectivity index (χ1v) is 6.32. The summed E-state index contributed by atoms with van der Waals surface area (Å²) in [6.45, 7) is 3.05. The molecule has 3 aromatic rings. The Morgan fingerprint density at radius 3 is 2.48 bits per heavy atom. The first-order chi connectivity index (χ1) is 10.2. The van der Waals surface area contributed by atoms with Gasteiger partial charge < -0.3 is 10.1 Å². The fourth-order valence-corrected chi connectivity index (χ4v) is 1.90. The number of rotatable bonds is 4. The van der Waals surface area contributed by atoms with Crippen molar-refractivity contribution in [1.29, 1.82) is 0 Å². The number of para-hydroxylation sites is 2. The molecule has 1 heterocycles. The molecule has 0 spiro atoms. The first kappa shape index (κ1) is 13.1. The molecule has 4 nitrogen and oxygen atoms in total. The van der Waals surface area contributed by atoms with Crippen molar-refractivity contribution in [3.8, 4) is 5.75 Å². The van der Waals surface area contributed by atoms with Crippen LogP contribution in [0.2, 0.25) is 0 Å². The van der Waals surface area contributed by atoms with Crippen LogP contribution in [0.3, 0.4) is 0 Å². The lowest BCUT2D eigenvalue weighted by Crippen LogP contribution is -1.95. The Hall–Kier alpha value is -2.95. The quantitative estimate of drug-likeness (QED) is 0.728. The summed E-state index contributed by atoms with van der Waals surface area (Å²) >= 11 is 0. The van der Waals surface area contributed by atoms with Crippen molar-refractivity contribution in [3.05, 3.63) is 67.3 Å². The van der Waals surface area contributed by atoms with Gasteiger partial charge in [-0.15, -0.1) is 0 Å². The van der Waals surface area contributed by atoms with Crippen molar-refractivity contribution in [3.63, 3.8) is 0 Å². The molecule has 0 atom stereocenters. The predicted molar refractivity (Wildman–Crippen MR) is 80.1 cm³/mol. The Labute approximate surface area is 120 Å². The van der Waals surface area contributed by atoms with Crippen molar-refractivity contribution >= 4 is 22.5 Å². The van der Waals surface area contributed by atoms with Crippen LogP contribution in [0.1, 0.15) is 0 Å². The number of fused-ring (bicyclic) bond motifs is 1. The molecule has 5 heteroatoms. The van der Waals surface area contributed by atoms with Gasteiger partial charge in [-0.2, -0.15) is 4.39 Å². The van der Waals surface area contributed by atoms with Gasteiger partial charge in [0, 0.05) is 5.69 Å². The summed E-state index contributed by atoms with van der Waals surface area (Å²) in [6, 6.07) is 13.6. The maximum absolute atomic E-state index is 12.5. The SMILES string of the molecule is C=C(F)Oc1ccc(Nc2cnc3ccccc3n2)cc1. The molecular weight excluding hydrogens is 269 g/mol. The lowest BCUT2D eigenvalue weighted by atomic mass is 10.3. The van der Waals surface area contributed by atoms with Crippen LogP contribution in [0.25, 0.3) is 11.0 Å². The molecule has 2 aromatic carbocycles. The zero-order valence-electron chi connectivity index (χ0n) is 11.1. The van der Waals surface area contributed by atoms with Crippen LogP contribution in [-0.2, 0) is 0 Å². The highest BCUT2D eigenvalue weighted by molar-refractivity contribution is 5.76. The largest absolute Gasteiger partial charge is 0.432 e. The van der Waals surface area contributed by atoms with Gasteiger partial charge >= 0.3 is 0 Å². The smallest absolute Gasteiger partial charge is 0.270 e.